The molecule has 1 saturated heterocycles. The van der Waals surface area contributed by atoms with E-state index in [1.165, 1.54) is 31.2 Å². The predicted molar refractivity (Wildman–Crippen MR) is 126 cm³/mol. The number of benzene rings is 1. The van der Waals surface area contributed by atoms with Crippen molar-refractivity contribution < 1.29 is 14.8 Å². The number of hydrogen-bond donors (Lipinski definition) is 1. The van der Waals surface area contributed by atoms with Crippen LogP contribution in [0.5, 0.6) is 0 Å². The highest BCUT2D eigenvalue weighted by molar-refractivity contribution is 5.76. The van der Waals surface area contributed by atoms with E-state index in [1.54, 1.807) is 6.92 Å². The zero-order valence-electron chi connectivity index (χ0n) is 20.4. The third-order valence-electron chi connectivity index (χ3n) is 6.12. The number of amides is 1. The monoisotopic (exact) mass is 444 g/mol. The molecule has 0 spiro atoms. The molecule has 178 valence electrons. The second-order valence-electron chi connectivity index (χ2n) is 10.5. The molecule has 32 heavy (non-hydrogen) atoms. The molecular weight excluding hydrogens is 404 g/mol. The van der Waals surface area contributed by atoms with Crippen molar-refractivity contribution in [3.8, 4) is 0 Å². The second-order valence-corrected chi connectivity index (χ2v) is 10.5. The molecule has 0 bridgehead atoms. The number of carbonyl (C=O) groups is 1. The molecule has 0 unspecified atom stereocenters. The Hall–Kier alpha value is -1.96. The van der Waals surface area contributed by atoms with Crippen molar-refractivity contribution in [2.24, 2.45) is 17.3 Å². The van der Waals surface area contributed by atoms with Gasteiger partial charge in [-0.3, -0.25) is 14.8 Å². The van der Waals surface area contributed by atoms with Crippen molar-refractivity contribution in [1.29, 1.82) is 0 Å². The standard InChI is InChI=1S/C16H22N2.C9H18N2O3/c1-16(2,3)10-15-17-13-6-4-5-7-14(13)18(15)11-12-8-9-12;1-8(12)11-5-3-9(4-6-11)7-14-10(2)13/h4-7,12H,8-11H2,1-3H3;9,13H,3-7H2,1-2H3. The van der Waals surface area contributed by atoms with E-state index in [4.69, 9.17) is 15.0 Å². The Kier molecular flexibility index (Phi) is 8.31. The number of nitrogens with zero attached hydrogens (tertiary/aromatic N) is 4. The van der Waals surface area contributed by atoms with Gasteiger partial charge in [0.25, 0.3) is 0 Å². The van der Waals surface area contributed by atoms with Crippen LogP contribution in [0.15, 0.2) is 24.3 Å². The van der Waals surface area contributed by atoms with Crippen molar-refractivity contribution in [2.45, 2.75) is 66.3 Å². The van der Waals surface area contributed by atoms with E-state index in [0.717, 1.165) is 55.6 Å². The minimum atomic E-state index is 0.142. The van der Waals surface area contributed by atoms with E-state index in [9.17, 15) is 4.79 Å². The molecule has 0 radical (unpaired) electrons. The molecule has 1 aromatic carbocycles. The fourth-order valence-corrected chi connectivity index (χ4v) is 4.12. The zero-order valence-corrected chi connectivity index (χ0v) is 20.4. The summed E-state index contributed by atoms with van der Waals surface area (Å²) in [7, 11) is 1.45. The van der Waals surface area contributed by atoms with Gasteiger partial charge in [0.1, 0.15) is 5.82 Å². The molecule has 1 aromatic heterocycles. The first-order chi connectivity index (χ1) is 15.1. The highest BCUT2D eigenvalue weighted by Gasteiger charge is 2.25. The Morgan fingerprint density at radius 1 is 1.16 bits per heavy atom. The van der Waals surface area contributed by atoms with E-state index in [0.29, 0.717) is 17.9 Å². The van der Waals surface area contributed by atoms with Gasteiger partial charge in [-0.15, -0.1) is 0 Å². The lowest BCUT2D eigenvalue weighted by molar-refractivity contribution is -0.328. The number of carbonyl (C=O) groups excluding carboxylic acids is 1. The van der Waals surface area contributed by atoms with Gasteiger partial charge in [-0.1, -0.05) is 38.1 Å². The second kappa shape index (κ2) is 10.8. The maximum absolute atomic E-state index is 11.0. The van der Waals surface area contributed by atoms with Gasteiger partial charge in [0.05, 0.1) is 17.6 Å². The highest BCUT2D eigenvalue weighted by atomic mass is 16.9. The number of piperidine rings is 1. The van der Waals surface area contributed by atoms with Crippen LogP contribution in [0.4, 0.5) is 0 Å². The number of imidazole rings is 1. The molecule has 7 nitrogen and oxygen atoms in total. The third-order valence-corrected chi connectivity index (χ3v) is 6.12. The van der Waals surface area contributed by atoms with Crippen molar-refractivity contribution in [3.63, 3.8) is 0 Å². The highest BCUT2D eigenvalue weighted by Crippen LogP contribution is 2.33. The first-order valence-corrected chi connectivity index (χ1v) is 11.9. The molecule has 4 rings (SSSR count). The van der Waals surface area contributed by atoms with Crippen LogP contribution in [0.2, 0.25) is 0 Å². The number of para-hydroxylation sites is 2. The summed E-state index contributed by atoms with van der Waals surface area (Å²) < 4.78 is 2.46. The fraction of sp³-hybridized carbons (Fsp3) is 0.680. The lowest BCUT2D eigenvalue weighted by Crippen LogP contribution is -2.38. The van der Waals surface area contributed by atoms with E-state index in [-0.39, 0.29) is 5.91 Å². The first-order valence-electron chi connectivity index (χ1n) is 11.9. The number of aromatic nitrogens is 2. The Bertz CT molecular complexity index is 875. The van der Waals surface area contributed by atoms with Gasteiger partial charge in [0.2, 0.25) is 5.91 Å². The SMILES string of the molecule is CC(=O)N1CCC(CON(C)O)CC1.CC(C)(C)Cc1nc2ccccc2n1CC1CC1. The maximum atomic E-state index is 11.0. The summed E-state index contributed by atoms with van der Waals surface area (Å²) in [5, 5.41) is 9.50. The number of fused-ring (bicyclic) bond motifs is 1. The van der Waals surface area contributed by atoms with Gasteiger partial charge in [0.15, 0.2) is 0 Å². The summed E-state index contributed by atoms with van der Waals surface area (Å²) in [6, 6.07) is 8.54. The molecule has 1 aliphatic carbocycles. The summed E-state index contributed by atoms with van der Waals surface area (Å²) in [6.45, 7) is 11.7. The molecule has 2 fully saturated rings. The summed E-state index contributed by atoms with van der Waals surface area (Å²) >= 11 is 0. The normalized spacial score (nSPS) is 17.5. The van der Waals surface area contributed by atoms with Crippen LogP contribution < -0.4 is 0 Å². The fourth-order valence-electron chi connectivity index (χ4n) is 4.12. The maximum Gasteiger partial charge on any atom is 0.219 e. The summed E-state index contributed by atoms with van der Waals surface area (Å²) in [6.07, 6.45) is 5.73. The third kappa shape index (κ3) is 7.57. The molecule has 1 N–H and O–H groups in total. The van der Waals surface area contributed by atoms with Gasteiger partial charge in [-0.05, 0) is 55.1 Å². The molecule has 1 aliphatic heterocycles. The number of rotatable bonds is 6. The van der Waals surface area contributed by atoms with Gasteiger partial charge >= 0.3 is 0 Å². The van der Waals surface area contributed by atoms with Crippen LogP contribution in [-0.4, -0.2) is 57.5 Å². The number of hydrogen-bond acceptors (Lipinski definition) is 5. The minimum absolute atomic E-state index is 0.142. The smallest absolute Gasteiger partial charge is 0.219 e. The molecule has 7 heteroatoms. The van der Waals surface area contributed by atoms with Gasteiger partial charge in [-0.2, -0.15) is 0 Å². The van der Waals surface area contributed by atoms with E-state index in [1.807, 2.05) is 4.90 Å². The van der Waals surface area contributed by atoms with Crippen LogP contribution in [0.25, 0.3) is 11.0 Å². The van der Waals surface area contributed by atoms with Crippen LogP contribution in [0.1, 0.15) is 59.2 Å². The summed E-state index contributed by atoms with van der Waals surface area (Å²) in [4.78, 5) is 22.7. The van der Waals surface area contributed by atoms with Gasteiger partial charge < -0.3 is 9.47 Å². The van der Waals surface area contributed by atoms with Crippen molar-refractivity contribution in [3.05, 3.63) is 30.1 Å². The number of hydroxylamine groups is 2. The van der Waals surface area contributed by atoms with Crippen molar-refractivity contribution in [1.82, 2.24) is 19.7 Å². The Labute approximate surface area is 192 Å². The van der Waals surface area contributed by atoms with E-state index < -0.39 is 0 Å². The molecular formula is C25H40N4O3. The summed E-state index contributed by atoms with van der Waals surface area (Å²) in [5.41, 5.74) is 2.75. The quantitative estimate of drug-likeness (QED) is 0.663. The molecule has 2 aliphatic rings. The lowest BCUT2D eigenvalue weighted by atomic mass is 9.92. The van der Waals surface area contributed by atoms with Crippen molar-refractivity contribution in [2.75, 3.05) is 26.7 Å². The Morgan fingerprint density at radius 3 is 2.38 bits per heavy atom. The zero-order chi connectivity index (χ0) is 23.3. The molecule has 2 heterocycles. The minimum Gasteiger partial charge on any atom is -0.343 e. The topological polar surface area (TPSA) is 70.8 Å². The molecule has 0 atom stereocenters. The van der Waals surface area contributed by atoms with Crippen LogP contribution >= 0.6 is 0 Å². The average molecular weight is 445 g/mol. The van der Waals surface area contributed by atoms with Crippen LogP contribution in [0, 0.1) is 17.3 Å². The summed E-state index contributed by atoms with van der Waals surface area (Å²) in [5.74, 6) is 2.74. The molecule has 1 amide bonds. The molecule has 1 saturated carbocycles. The Morgan fingerprint density at radius 2 is 1.81 bits per heavy atom. The predicted octanol–water partition coefficient (Wildman–Crippen LogP) is 4.53. The van der Waals surface area contributed by atoms with Crippen LogP contribution in [-0.2, 0) is 22.6 Å². The van der Waals surface area contributed by atoms with E-state index >= 15 is 0 Å². The first kappa shape index (κ1) is 24.7. The van der Waals surface area contributed by atoms with Gasteiger partial charge in [-0.25, -0.2) is 4.98 Å². The average Bonchev–Trinajstić information content (AvgIpc) is 3.48. The van der Waals surface area contributed by atoms with Crippen LogP contribution in [0.3, 0.4) is 0 Å². The largest absolute Gasteiger partial charge is 0.343 e. The molecule has 2 aromatic rings. The number of likely N-dealkylation sites (tertiary alicyclic amines) is 1. The van der Waals surface area contributed by atoms with Gasteiger partial charge in [0, 0.05) is 40.0 Å². The Balaban J connectivity index is 0.000000188. The lowest BCUT2D eigenvalue weighted by Gasteiger charge is -2.31. The van der Waals surface area contributed by atoms with Crippen molar-refractivity contribution >= 4 is 16.9 Å². The van der Waals surface area contributed by atoms with E-state index in [2.05, 4.69) is 49.6 Å².